The van der Waals surface area contributed by atoms with Crippen molar-refractivity contribution in [2.24, 2.45) is 5.92 Å². The minimum Gasteiger partial charge on any atom is -0.493 e. The second kappa shape index (κ2) is 11.0. The zero-order valence-corrected chi connectivity index (χ0v) is 20.8. The number of piperidine rings is 1. The van der Waals surface area contributed by atoms with Crippen LogP contribution in [0.3, 0.4) is 0 Å². The number of nitrogens with zero attached hydrogens (tertiary/aromatic N) is 3. The molecule has 3 aliphatic heterocycles. The molecule has 1 fully saturated rings. The number of benzene rings is 2. The highest BCUT2D eigenvalue weighted by Crippen LogP contribution is 2.31. The number of ether oxygens (including phenoxy) is 2. The lowest BCUT2D eigenvalue weighted by molar-refractivity contribution is -0.126. The summed E-state index contributed by atoms with van der Waals surface area (Å²) in [4.78, 5) is 24.0. The number of methoxy groups -OCH3 is 1. The van der Waals surface area contributed by atoms with Crippen LogP contribution in [-0.2, 0) is 11.3 Å². The van der Waals surface area contributed by atoms with Crippen molar-refractivity contribution in [2.75, 3.05) is 44.0 Å². The lowest BCUT2D eigenvalue weighted by Crippen LogP contribution is -2.41. The Morgan fingerprint density at radius 3 is 2.72 bits per heavy atom. The van der Waals surface area contributed by atoms with Crippen LogP contribution >= 0.6 is 11.6 Å². The quantitative estimate of drug-likeness (QED) is 0.446. The molecule has 0 spiro atoms. The van der Waals surface area contributed by atoms with Gasteiger partial charge in [0, 0.05) is 41.1 Å². The fraction of sp³-hybridized carbons (Fsp3) is 0.346. The molecule has 0 unspecified atom stereocenters. The average Bonchev–Trinajstić information content (AvgIpc) is 2.89. The summed E-state index contributed by atoms with van der Waals surface area (Å²) in [6.45, 7) is 3.15. The number of hydrogen-bond donors (Lipinski definition) is 3. The van der Waals surface area contributed by atoms with E-state index in [9.17, 15) is 4.79 Å². The molecule has 6 rings (SSSR count). The Labute approximate surface area is 215 Å². The van der Waals surface area contributed by atoms with E-state index < -0.39 is 0 Å². The van der Waals surface area contributed by atoms with Gasteiger partial charge in [0.05, 0.1) is 13.7 Å². The number of rotatable bonds is 1. The van der Waals surface area contributed by atoms with Gasteiger partial charge in [-0.15, -0.1) is 0 Å². The molecule has 0 aliphatic carbocycles. The van der Waals surface area contributed by atoms with Crippen molar-refractivity contribution in [3.05, 3.63) is 59.2 Å². The molecule has 1 aromatic heterocycles. The van der Waals surface area contributed by atoms with Gasteiger partial charge in [-0.25, -0.2) is 4.98 Å². The van der Waals surface area contributed by atoms with Crippen molar-refractivity contribution in [1.29, 1.82) is 0 Å². The van der Waals surface area contributed by atoms with E-state index in [0.29, 0.717) is 36.4 Å². The molecule has 9 nitrogen and oxygen atoms in total. The summed E-state index contributed by atoms with van der Waals surface area (Å²) in [5.41, 5.74) is 2.67. The van der Waals surface area contributed by atoms with E-state index in [1.54, 1.807) is 13.3 Å². The van der Waals surface area contributed by atoms with E-state index in [-0.39, 0.29) is 11.8 Å². The number of amides is 1. The first kappa shape index (κ1) is 24.1. The van der Waals surface area contributed by atoms with Crippen LogP contribution in [0.2, 0.25) is 5.02 Å². The van der Waals surface area contributed by atoms with Gasteiger partial charge in [-0.2, -0.15) is 4.98 Å². The number of halogens is 1. The maximum absolute atomic E-state index is 12.7. The Kier molecular flexibility index (Phi) is 7.39. The Bertz CT molecular complexity index is 1230. The highest BCUT2D eigenvalue weighted by Gasteiger charge is 2.25. The van der Waals surface area contributed by atoms with Gasteiger partial charge < -0.3 is 25.4 Å². The lowest BCUT2D eigenvalue weighted by atomic mass is 9.95. The second-order valence-corrected chi connectivity index (χ2v) is 9.28. The standard InChI is InChI=1S/C26H29ClN6O3/c1-35-22-5-3-20-15-23(22)36-13-10-28-25(34)17-7-11-33(12-8-17)16-18-14-19(2-4-21(18)27)30-24-6-9-29-26(31-20)32-24/h2-6,9,14-15,17H,7-8,10-13,16H2,1H3,(H,28,34)(H2,29,30,31,32). The summed E-state index contributed by atoms with van der Waals surface area (Å²) in [6, 6.07) is 13.2. The summed E-state index contributed by atoms with van der Waals surface area (Å²) in [5, 5.41) is 10.3. The number of carbonyl (C=O) groups excluding carboxylic acids is 1. The monoisotopic (exact) mass is 508 g/mol. The van der Waals surface area contributed by atoms with Crippen LogP contribution in [0.4, 0.5) is 23.1 Å². The lowest BCUT2D eigenvalue weighted by Gasteiger charge is -2.31. The van der Waals surface area contributed by atoms with Gasteiger partial charge in [0.2, 0.25) is 11.9 Å². The Balaban J connectivity index is 1.43. The maximum atomic E-state index is 12.7. The van der Waals surface area contributed by atoms with Crippen molar-refractivity contribution < 1.29 is 14.3 Å². The van der Waals surface area contributed by atoms with Crippen molar-refractivity contribution in [3.8, 4) is 11.5 Å². The molecule has 10 heteroatoms. The summed E-state index contributed by atoms with van der Waals surface area (Å²) in [5.74, 6) is 2.35. The van der Waals surface area contributed by atoms with Crippen LogP contribution < -0.4 is 25.4 Å². The Morgan fingerprint density at radius 2 is 1.89 bits per heavy atom. The van der Waals surface area contributed by atoms with Crippen LogP contribution in [0.25, 0.3) is 0 Å². The van der Waals surface area contributed by atoms with Crippen LogP contribution in [0.1, 0.15) is 18.4 Å². The SMILES string of the molecule is COc1ccc2cc1OCCNC(=O)C1CCN(CC1)Cc1cc(ccc1Cl)Nc1ccnc(n1)N2. The molecule has 1 saturated heterocycles. The van der Waals surface area contributed by atoms with E-state index in [1.165, 1.54) is 0 Å². The molecule has 3 aliphatic rings. The van der Waals surface area contributed by atoms with Crippen LogP contribution in [-0.4, -0.2) is 54.1 Å². The predicted molar refractivity (Wildman–Crippen MR) is 140 cm³/mol. The molecule has 0 radical (unpaired) electrons. The summed E-state index contributed by atoms with van der Waals surface area (Å²) in [6.07, 6.45) is 3.32. The smallest absolute Gasteiger partial charge is 0.229 e. The summed E-state index contributed by atoms with van der Waals surface area (Å²) in [7, 11) is 1.59. The molecule has 0 atom stereocenters. The second-order valence-electron chi connectivity index (χ2n) is 8.88. The maximum Gasteiger partial charge on any atom is 0.229 e. The average molecular weight is 509 g/mol. The minimum atomic E-state index is 0.00534. The number of hydrogen-bond acceptors (Lipinski definition) is 8. The van der Waals surface area contributed by atoms with Crippen molar-refractivity contribution in [3.63, 3.8) is 0 Å². The first-order valence-corrected chi connectivity index (χ1v) is 12.4. The first-order valence-electron chi connectivity index (χ1n) is 12.0. The molecular formula is C26H29ClN6O3. The van der Waals surface area contributed by atoms with Crippen LogP contribution in [0.15, 0.2) is 48.7 Å². The fourth-order valence-electron chi connectivity index (χ4n) is 4.48. The van der Waals surface area contributed by atoms with E-state index in [4.69, 9.17) is 21.1 Å². The largest absolute Gasteiger partial charge is 0.493 e. The first-order chi connectivity index (χ1) is 17.6. The van der Waals surface area contributed by atoms with E-state index in [2.05, 4.69) is 30.8 Å². The molecule has 8 bridgehead atoms. The van der Waals surface area contributed by atoms with Gasteiger partial charge in [-0.1, -0.05) is 11.6 Å². The summed E-state index contributed by atoms with van der Waals surface area (Å²) >= 11 is 6.52. The third kappa shape index (κ3) is 5.80. The number of anilines is 4. The van der Waals surface area contributed by atoms with Crippen molar-refractivity contribution in [2.45, 2.75) is 19.4 Å². The Morgan fingerprint density at radius 1 is 1.08 bits per heavy atom. The highest BCUT2D eigenvalue weighted by atomic mass is 35.5. The van der Waals surface area contributed by atoms with Gasteiger partial charge in [0.15, 0.2) is 11.5 Å². The van der Waals surface area contributed by atoms with Crippen molar-refractivity contribution in [1.82, 2.24) is 20.2 Å². The van der Waals surface area contributed by atoms with Gasteiger partial charge in [0.25, 0.3) is 0 Å². The topological polar surface area (TPSA) is 101 Å². The zero-order valence-electron chi connectivity index (χ0n) is 20.1. The van der Waals surface area contributed by atoms with Gasteiger partial charge in [0.1, 0.15) is 12.4 Å². The van der Waals surface area contributed by atoms with Crippen molar-refractivity contribution >= 4 is 40.6 Å². The third-order valence-electron chi connectivity index (χ3n) is 6.40. The molecule has 0 saturated carbocycles. The molecule has 3 aromatic rings. The predicted octanol–water partition coefficient (Wildman–Crippen LogP) is 4.35. The molecule has 188 valence electrons. The fourth-order valence-corrected chi connectivity index (χ4v) is 4.66. The molecule has 4 heterocycles. The summed E-state index contributed by atoms with van der Waals surface area (Å²) < 4.78 is 11.4. The molecule has 3 N–H and O–H groups in total. The number of nitrogens with one attached hydrogen (secondary N) is 3. The Hall–Kier alpha value is -3.56. The number of fused-ring (bicyclic) bond motifs is 6. The van der Waals surface area contributed by atoms with E-state index in [1.807, 2.05) is 42.5 Å². The zero-order chi connectivity index (χ0) is 24.9. The van der Waals surface area contributed by atoms with E-state index in [0.717, 1.165) is 54.4 Å². The number of aromatic nitrogens is 2. The van der Waals surface area contributed by atoms with Gasteiger partial charge in [-0.3, -0.25) is 9.69 Å². The highest BCUT2D eigenvalue weighted by molar-refractivity contribution is 6.31. The molecule has 1 amide bonds. The molecule has 36 heavy (non-hydrogen) atoms. The molecular weight excluding hydrogens is 480 g/mol. The number of carbonyl (C=O) groups is 1. The van der Waals surface area contributed by atoms with Gasteiger partial charge in [-0.05, 0) is 67.9 Å². The van der Waals surface area contributed by atoms with Gasteiger partial charge >= 0.3 is 0 Å². The third-order valence-corrected chi connectivity index (χ3v) is 6.77. The van der Waals surface area contributed by atoms with Crippen LogP contribution in [0.5, 0.6) is 11.5 Å². The molecule has 2 aromatic carbocycles. The minimum absolute atomic E-state index is 0.00534. The van der Waals surface area contributed by atoms with E-state index >= 15 is 0 Å². The van der Waals surface area contributed by atoms with Crippen LogP contribution in [0, 0.1) is 5.92 Å². The normalized spacial score (nSPS) is 20.1.